The number of rotatable bonds is 2. The maximum atomic E-state index is 10.2. The molecule has 20 heavy (non-hydrogen) atoms. The van der Waals surface area contributed by atoms with E-state index in [2.05, 4.69) is 24.3 Å². The average Bonchev–Trinajstić information content (AvgIpc) is 2.55. The summed E-state index contributed by atoms with van der Waals surface area (Å²) in [6.07, 6.45) is 1.80. The summed E-state index contributed by atoms with van der Waals surface area (Å²) in [5.74, 6) is 0. The number of hydrogen-bond donors (Lipinski definition) is 2. The van der Waals surface area contributed by atoms with Crippen molar-refractivity contribution in [2.75, 3.05) is 13.2 Å². The first-order chi connectivity index (χ1) is 9.78. The lowest BCUT2D eigenvalue weighted by atomic mass is 9.49. The average molecular weight is 266 g/mol. The van der Waals surface area contributed by atoms with Crippen molar-refractivity contribution < 1.29 is 10.2 Å². The largest absolute Gasteiger partial charge is 0.395 e. The SMILES string of the molecule is OCC12CCC(CO)(c3ccccc31)c1ccccc12. The Labute approximate surface area is 118 Å². The topological polar surface area (TPSA) is 40.5 Å². The van der Waals surface area contributed by atoms with Crippen LogP contribution in [0.3, 0.4) is 0 Å². The molecule has 0 heterocycles. The van der Waals surface area contributed by atoms with Crippen molar-refractivity contribution in [2.24, 2.45) is 0 Å². The second kappa shape index (κ2) is 3.94. The molecular weight excluding hydrogens is 248 g/mol. The first-order valence-corrected chi connectivity index (χ1v) is 7.20. The van der Waals surface area contributed by atoms with Crippen LogP contribution in [0.2, 0.25) is 0 Å². The van der Waals surface area contributed by atoms with Gasteiger partial charge in [-0.15, -0.1) is 0 Å². The fourth-order valence-corrected chi connectivity index (χ4v) is 4.39. The van der Waals surface area contributed by atoms with Gasteiger partial charge in [0, 0.05) is 10.8 Å². The minimum atomic E-state index is -0.288. The summed E-state index contributed by atoms with van der Waals surface area (Å²) in [7, 11) is 0. The molecule has 0 aliphatic heterocycles. The van der Waals surface area contributed by atoms with Gasteiger partial charge in [-0.3, -0.25) is 0 Å². The van der Waals surface area contributed by atoms with Crippen LogP contribution in [0.4, 0.5) is 0 Å². The zero-order valence-electron chi connectivity index (χ0n) is 11.3. The monoisotopic (exact) mass is 266 g/mol. The van der Waals surface area contributed by atoms with Crippen LogP contribution < -0.4 is 0 Å². The van der Waals surface area contributed by atoms with Crippen LogP contribution in [-0.2, 0) is 10.8 Å². The van der Waals surface area contributed by atoms with E-state index in [4.69, 9.17) is 0 Å². The standard InChI is InChI=1S/C18H18O2/c19-11-17-9-10-18(12-20,14-6-2-1-5-13(14)17)16-8-4-3-7-15(16)17/h1-8,19-20H,9-12H2. The second-order valence-corrected chi connectivity index (χ2v) is 6.07. The molecule has 2 aromatic rings. The molecule has 0 unspecified atom stereocenters. The summed E-state index contributed by atoms with van der Waals surface area (Å²) >= 11 is 0. The molecule has 0 fully saturated rings. The smallest absolute Gasteiger partial charge is 0.0568 e. The van der Waals surface area contributed by atoms with E-state index in [0.29, 0.717) is 0 Å². The van der Waals surface area contributed by atoms with Gasteiger partial charge in [-0.25, -0.2) is 0 Å². The van der Waals surface area contributed by atoms with Gasteiger partial charge >= 0.3 is 0 Å². The molecule has 0 aromatic heterocycles. The van der Waals surface area contributed by atoms with Crippen molar-refractivity contribution in [3.63, 3.8) is 0 Å². The normalized spacial score (nSPS) is 29.9. The van der Waals surface area contributed by atoms with Gasteiger partial charge in [0.05, 0.1) is 13.2 Å². The molecule has 3 aliphatic carbocycles. The molecule has 0 amide bonds. The number of fused-ring (bicyclic) bond motifs is 1. The van der Waals surface area contributed by atoms with Crippen molar-refractivity contribution in [3.05, 3.63) is 70.8 Å². The van der Waals surface area contributed by atoms with Crippen molar-refractivity contribution in [3.8, 4) is 0 Å². The van der Waals surface area contributed by atoms with E-state index in [1.807, 2.05) is 24.3 Å². The van der Waals surface area contributed by atoms with Crippen LogP contribution in [-0.4, -0.2) is 23.4 Å². The van der Waals surface area contributed by atoms with Crippen LogP contribution in [0.15, 0.2) is 48.5 Å². The van der Waals surface area contributed by atoms with E-state index in [1.54, 1.807) is 0 Å². The molecular formula is C18H18O2. The maximum Gasteiger partial charge on any atom is 0.0568 e. The Kier molecular flexibility index (Phi) is 2.39. The molecule has 2 heteroatoms. The van der Waals surface area contributed by atoms with Crippen LogP contribution in [0.1, 0.15) is 35.1 Å². The quantitative estimate of drug-likeness (QED) is 0.876. The van der Waals surface area contributed by atoms with Gasteiger partial charge in [-0.1, -0.05) is 48.5 Å². The zero-order chi connectivity index (χ0) is 13.8. The molecule has 0 spiro atoms. The fraction of sp³-hybridized carbons (Fsp3) is 0.333. The van der Waals surface area contributed by atoms with Gasteiger partial charge in [0.2, 0.25) is 0 Å². The van der Waals surface area contributed by atoms with Crippen molar-refractivity contribution in [1.29, 1.82) is 0 Å². The summed E-state index contributed by atoms with van der Waals surface area (Å²) < 4.78 is 0. The Morgan fingerprint density at radius 1 is 0.650 bits per heavy atom. The van der Waals surface area contributed by atoms with Crippen LogP contribution in [0.25, 0.3) is 0 Å². The van der Waals surface area contributed by atoms with Crippen molar-refractivity contribution in [1.82, 2.24) is 0 Å². The predicted octanol–water partition coefficient (Wildman–Crippen LogP) is 2.35. The van der Waals surface area contributed by atoms with Crippen LogP contribution in [0.5, 0.6) is 0 Å². The number of aliphatic hydroxyl groups excluding tert-OH is 2. The molecule has 102 valence electrons. The highest BCUT2D eigenvalue weighted by Crippen LogP contribution is 2.58. The lowest BCUT2D eigenvalue weighted by Crippen LogP contribution is -2.52. The molecule has 0 saturated heterocycles. The predicted molar refractivity (Wildman–Crippen MR) is 77.8 cm³/mol. The molecule has 0 saturated carbocycles. The van der Waals surface area contributed by atoms with Gasteiger partial charge in [0.25, 0.3) is 0 Å². The lowest BCUT2D eigenvalue weighted by molar-refractivity contribution is 0.135. The highest BCUT2D eigenvalue weighted by molar-refractivity contribution is 5.62. The first kappa shape index (κ1) is 12.1. The molecule has 0 radical (unpaired) electrons. The van der Waals surface area contributed by atoms with Gasteiger partial charge < -0.3 is 10.2 Å². The third-order valence-electron chi connectivity index (χ3n) is 5.43. The van der Waals surface area contributed by atoms with Crippen molar-refractivity contribution in [2.45, 2.75) is 23.7 Å². The molecule has 2 aromatic carbocycles. The first-order valence-electron chi connectivity index (χ1n) is 7.20. The molecule has 2 bridgehead atoms. The third-order valence-corrected chi connectivity index (χ3v) is 5.43. The summed E-state index contributed by atoms with van der Waals surface area (Å²) in [5, 5.41) is 20.3. The Morgan fingerprint density at radius 2 is 0.950 bits per heavy atom. The minimum Gasteiger partial charge on any atom is -0.395 e. The molecule has 0 atom stereocenters. The highest BCUT2D eigenvalue weighted by atomic mass is 16.3. The molecule has 2 N–H and O–H groups in total. The number of hydrogen-bond acceptors (Lipinski definition) is 2. The van der Waals surface area contributed by atoms with Gasteiger partial charge in [-0.2, -0.15) is 0 Å². The molecule has 3 aliphatic rings. The van der Waals surface area contributed by atoms with E-state index in [1.165, 1.54) is 22.3 Å². The van der Waals surface area contributed by atoms with E-state index in [-0.39, 0.29) is 24.0 Å². The summed E-state index contributed by atoms with van der Waals surface area (Å²) in [5.41, 5.74) is 4.21. The number of aliphatic hydroxyl groups is 2. The Hall–Kier alpha value is -1.64. The maximum absolute atomic E-state index is 10.2. The zero-order valence-corrected chi connectivity index (χ0v) is 11.3. The van der Waals surface area contributed by atoms with Crippen molar-refractivity contribution >= 4 is 0 Å². The number of benzene rings is 2. The Morgan fingerprint density at radius 3 is 1.20 bits per heavy atom. The summed E-state index contributed by atoms with van der Waals surface area (Å²) in [6, 6.07) is 16.6. The summed E-state index contributed by atoms with van der Waals surface area (Å²) in [6.45, 7) is 0.255. The van der Waals surface area contributed by atoms with E-state index < -0.39 is 0 Å². The molecule has 2 nitrogen and oxygen atoms in total. The van der Waals surface area contributed by atoms with Crippen LogP contribution >= 0.6 is 0 Å². The van der Waals surface area contributed by atoms with Gasteiger partial charge in [0.1, 0.15) is 0 Å². The fourth-order valence-electron chi connectivity index (χ4n) is 4.39. The van der Waals surface area contributed by atoms with E-state index in [0.717, 1.165) is 12.8 Å². The Bertz CT molecular complexity index is 569. The van der Waals surface area contributed by atoms with E-state index in [9.17, 15) is 10.2 Å². The van der Waals surface area contributed by atoms with Gasteiger partial charge in [0.15, 0.2) is 0 Å². The molecule has 5 rings (SSSR count). The third kappa shape index (κ3) is 1.17. The summed E-state index contributed by atoms with van der Waals surface area (Å²) in [4.78, 5) is 0. The highest BCUT2D eigenvalue weighted by Gasteiger charge is 2.54. The van der Waals surface area contributed by atoms with E-state index >= 15 is 0 Å². The minimum absolute atomic E-state index is 0.128. The van der Waals surface area contributed by atoms with Crippen LogP contribution in [0, 0.1) is 0 Å². The second-order valence-electron chi connectivity index (χ2n) is 6.07. The lowest BCUT2D eigenvalue weighted by Gasteiger charge is -2.54. The Balaban J connectivity index is 2.14. The van der Waals surface area contributed by atoms with Gasteiger partial charge in [-0.05, 0) is 35.1 Å².